The first-order chi connectivity index (χ1) is 20.3. The van der Waals surface area contributed by atoms with Crippen LogP contribution in [0.4, 0.5) is 18.9 Å². The fourth-order valence-corrected chi connectivity index (χ4v) is 5.98. The molecule has 44 heavy (non-hydrogen) atoms. The number of sulfonamides is 1. The highest BCUT2D eigenvalue weighted by Gasteiger charge is 2.37. The third-order valence-electron chi connectivity index (χ3n) is 6.38. The molecule has 3 rings (SSSR count). The zero-order valence-electron chi connectivity index (χ0n) is 24.3. The molecule has 0 saturated heterocycles. The maximum atomic E-state index is 14.2. The van der Waals surface area contributed by atoms with Crippen LogP contribution in [0, 0.1) is 0 Å². The maximum absolute atomic E-state index is 14.2. The molecule has 7 nitrogen and oxygen atoms in total. The van der Waals surface area contributed by atoms with Crippen LogP contribution in [-0.4, -0.2) is 49.5 Å². The molecule has 3 aromatic rings. The Balaban J connectivity index is 2.18. The molecule has 0 unspecified atom stereocenters. The Kier molecular flexibility index (Phi) is 11.3. The molecular weight excluding hydrogens is 662 g/mol. The van der Waals surface area contributed by atoms with Crippen molar-refractivity contribution in [3.8, 4) is 0 Å². The Morgan fingerprint density at radius 3 is 2.00 bits per heavy atom. The van der Waals surface area contributed by atoms with Gasteiger partial charge in [0.15, 0.2) is 0 Å². The van der Waals surface area contributed by atoms with Crippen LogP contribution < -0.4 is 9.62 Å². The van der Waals surface area contributed by atoms with Crippen LogP contribution in [0.3, 0.4) is 0 Å². The molecule has 238 valence electrons. The summed E-state index contributed by atoms with van der Waals surface area (Å²) >= 11 is 19.0. The molecule has 0 bridgehead atoms. The monoisotopic (exact) mass is 691 g/mol. The smallest absolute Gasteiger partial charge is 0.350 e. The Labute approximate surface area is 269 Å². The van der Waals surface area contributed by atoms with Gasteiger partial charge in [-0.3, -0.25) is 13.9 Å². The van der Waals surface area contributed by atoms with Crippen molar-refractivity contribution in [1.29, 1.82) is 0 Å². The number of carbonyl (C=O) groups excluding carboxylic acids is 2. The van der Waals surface area contributed by atoms with Crippen LogP contribution in [0.2, 0.25) is 15.1 Å². The number of hydrogen-bond donors (Lipinski definition) is 1. The number of benzene rings is 3. The molecule has 0 fully saturated rings. The molecule has 1 N–H and O–H groups in total. The van der Waals surface area contributed by atoms with Crippen LogP contribution in [-0.2, 0) is 38.8 Å². The highest BCUT2D eigenvalue weighted by atomic mass is 35.5. The van der Waals surface area contributed by atoms with E-state index in [1.54, 1.807) is 57.2 Å². The van der Waals surface area contributed by atoms with E-state index in [0.29, 0.717) is 22.0 Å². The average molecular weight is 693 g/mol. The van der Waals surface area contributed by atoms with Crippen molar-refractivity contribution in [2.45, 2.75) is 51.5 Å². The largest absolute Gasteiger partial charge is 0.416 e. The van der Waals surface area contributed by atoms with Crippen molar-refractivity contribution in [1.82, 2.24) is 10.2 Å². The molecule has 0 heterocycles. The van der Waals surface area contributed by atoms with Gasteiger partial charge >= 0.3 is 6.18 Å². The van der Waals surface area contributed by atoms with Gasteiger partial charge in [0, 0.05) is 34.1 Å². The number of rotatable bonds is 10. The lowest BCUT2D eigenvalue weighted by Gasteiger charge is -2.35. The lowest BCUT2D eigenvalue weighted by atomic mass is 10.0. The minimum absolute atomic E-state index is 0.0136. The van der Waals surface area contributed by atoms with Crippen LogP contribution in [0.25, 0.3) is 0 Å². The number of carbonyl (C=O) groups is 2. The molecule has 0 radical (unpaired) electrons. The molecule has 0 aliphatic rings. The summed E-state index contributed by atoms with van der Waals surface area (Å²) in [6.07, 6.45) is -4.06. The lowest BCUT2D eigenvalue weighted by Crippen LogP contribution is -2.56. The maximum Gasteiger partial charge on any atom is 0.416 e. The second kappa shape index (κ2) is 14.0. The van der Waals surface area contributed by atoms with E-state index < -0.39 is 57.4 Å². The summed E-state index contributed by atoms with van der Waals surface area (Å²) in [4.78, 5) is 29.1. The number of anilines is 1. The zero-order chi connectivity index (χ0) is 33.0. The Morgan fingerprint density at radius 1 is 0.886 bits per heavy atom. The van der Waals surface area contributed by atoms with Gasteiger partial charge in [0.05, 0.1) is 22.5 Å². The van der Waals surface area contributed by atoms with E-state index in [4.69, 9.17) is 34.8 Å². The third-order valence-corrected chi connectivity index (χ3v) is 8.54. The van der Waals surface area contributed by atoms with Crippen molar-refractivity contribution in [2.75, 3.05) is 17.1 Å². The number of nitrogens with one attached hydrogen (secondary N) is 1. The number of alkyl halides is 3. The molecule has 0 aliphatic heterocycles. The van der Waals surface area contributed by atoms with Gasteiger partial charge in [-0.15, -0.1) is 0 Å². The Morgan fingerprint density at radius 2 is 1.48 bits per heavy atom. The Bertz CT molecular complexity index is 1590. The molecule has 2 amide bonds. The quantitative estimate of drug-likeness (QED) is 0.248. The summed E-state index contributed by atoms with van der Waals surface area (Å²) in [5, 5.41) is 2.90. The summed E-state index contributed by atoms with van der Waals surface area (Å²) in [5.74, 6) is -1.47. The molecule has 1 atom stereocenters. The zero-order valence-corrected chi connectivity index (χ0v) is 27.3. The van der Waals surface area contributed by atoms with E-state index in [1.165, 1.54) is 12.1 Å². The topological polar surface area (TPSA) is 86.8 Å². The number of amides is 2. The fourth-order valence-electron chi connectivity index (χ4n) is 4.34. The van der Waals surface area contributed by atoms with E-state index in [9.17, 15) is 31.2 Å². The van der Waals surface area contributed by atoms with E-state index >= 15 is 0 Å². The summed E-state index contributed by atoms with van der Waals surface area (Å²) in [5.41, 5.74) is -1.46. The minimum Gasteiger partial charge on any atom is -0.350 e. The minimum atomic E-state index is -4.81. The van der Waals surface area contributed by atoms with Gasteiger partial charge in [0.2, 0.25) is 21.8 Å². The van der Waals surface area contributed by atoms with Gasteiger partial charge in [0.1, 0.15) is 12.6 Å². The molecule has 0 spiro atoms. The predicted molar refractivity (Wildman–Crippen MR) is 167 cm³/mol. The van der Waals surface area contributed by atoms with Gasteiger partial charge in [-0.1, -0.05) is 71.2 Å². The second-order valence-corrected chi connectivity index (χ2v) is 14.2. The van der Waals surface area contributed by atoms with Gasteiger partial charge in [-0.2, -0.15) is 13.2 Å². The third kappa shape index (κ3) is 9.50. The highest BCUT2D eigenvalue weighted by molar-refractivity contribution is 7.92. The van der Waals surface area contributed by atoms with Crippen LogP contribution in [0.5, 0.6) is 0 Å². The number of halogens is 6. The second-order valence-electron chi connectivity index (χ2n) is 11.1. The van der Waals surface area contributed by atoms with Crippen molar-refractivity contribution < 1.29 is 31.2 Å². The Hall–Kier alpha value is -2.99. The van der Waals surface area contributed by atoms with Gasteiger partial charge in [-0.05, 0) is 56.7 Å². The van der Waals surface area contributed by atoms with Gasteiger partial charge in [0.25, 0.3) is 0 Å². The predicted octanol–water partition coefficient (Wildman–Crippen LogP) is 6.99. The normalized spacial score (nSPS) is 12.9. The van der Waals surface area contributed by atoms with Crippen molar-refractivity contribution in [3.63, 3.8) is 0 Å². The summed E-state index contributed by atoms with van der Waals surface area (Å²) in [6.45, 7) is 3.96. The average Bonchev–Trinajstić information content (AvgIpc) is 2.89. The molecule has 14 heteroatoms. The summed E-state index contributed by atoms with van der Waals surface area (Å²) < 4.78 is 67.0. The number of nitrogens with zero attached hydrogens (tertiary/aromatic N) is 2. The highest BCUT2D eigenvalue weighted by Crippen LogP contribution is 2.36. The number of hydrogen-bond acceptors (Lipinski definition) is 4. The molecule has 0 aliphatic carbocycles. The lowest BCUT2D eigenvalue weighted by molar-refractivity contribution is -0.140. The fraction of sp³-hybridized carbons (Fsp3) is 0.333. The SMILES string of the molecule is CC(C)(C)NC(=O)[C@H](Cc1ccccc1)N(Cc1c(Cl)cccc1Cl)C(=O)CN(c1cc(C(F)(F)F)ccc1Cl)S(C)(=O)=O. The first kappa shape index (κ1) is 35.5. The van der Waals surface area contributed by atoms with Crippen LogP contribution in [0.15, 0.2) is 66.7 Å². The van der Waals surface area contributed by atoms with E-state index in [2.05, 4.69) is 5.32 Å². The molecule has 0 aromatic heterocycles. The van der Waals surface area contributed by atoms with Gasteiger partial charge < -0.3 is 10.2 Å². The van der Waals surface area contributed by atoms with Crippen LogP contribution in [0.1, 0.15) is 37.5 Å². The first-order valence-electron chi connectivity index (χ1n) is 13.2. The van der Waals surface area contributed by atoms with Crippen LogP contribution >= 0.6 is 34.8 Å². The summed E-state index contributed by atoms with van der Waals surface area (Å²) in [7, 11) is -4.37. The van der Waals surface area contributed by atoms with E-state index in [0.717, 1.165) is 17.2 Å². The van der Waals surface area contributed by atoms with Crippen molar-refractivity contribution in [2.24, 2.45) is 0 Å². The molecule has 3 aromatic carbocycles. The standard InChI is InChI=1S/C30H31Cl3F3N3O4S/c1-29(2,3)37-28(41)26(15-19-9-6-5-7-10-19)38(17-21-22(31)11-8-12-23(21)32)27(40)18-39(44(4,42)43)25-16-20(30(34,35)36)13-14-24(25)33/h5-14,16,26H,15,17-18H2,1-4H3,(H,37,41)/t26-/m0/s1. The molecular formula is C30H31Cl3F3N3O4S. The van der Waals surface area contributed by atoms with Crippen molar-refractivity contribution in [3.05, 3.63) is 98.5 Å². The first-order valence-corrected chi connectivity index (χ1v) is 16.2. The van der Waals surface area contributed by atoms with E-state index in [1.807, 2.05) is 0 Å². The van der Waals surface area contributed by atoms with Crippen molar-refractivity contribution >= 4 is 62.3 Å². The molecule has 0 saturated carbocycles. The van der Waals surface area contributed by atoms with E-state index in [-0.39, 0.29) is 33.6 Å². The van der Waals surface area contributed by atoms with Gasteiger partial charge in [-0.25, -0.2) is 8.42 Å². The summed E-state index contributed by atoms with van der Waals surface area (Å²) in [6, 6.07) is 14.4.